The minimum Gasteiger partial charge on any atom is -0.449 e. The van der Waals surface area contributed by atoms with Crippen LogP contribution in [0, 0.1) is 6.92 Å². The number of rotatable bonds is 6. The van der Waals surface area contributed by atoms with E-state index in [2.05, 4.69) is 0 Å². The van der Waals surface area contributed by atoms with Crippen LogP contribution in [0.3, 0.4) is 0 Å². The number of esters is 1. The lowest BCUT2D eigenvalue weighted by Crippen LogP contribution is -2.31. The van der Waals surface area contributed by atoms with E-state index in [-0.39, 0.29) is 11.7 Å². The number of benzene rings is 2. The van der Waals surface area contributed by atoms with Gasteiger partial charge in [-0.25, -0.2) is 4.79 Å². The van der Waals surface area contributed by atoms with Crippen LogP contribution < -0.4 is 4.74 Å². The van der Waals surface area contributed by atoms with Gasteiger partial charge in [0, 0.05) is 18.1 Å². The van der Waals surface area contributed by atoms with Crippen molar-refractivity contribution in [3.8, 4) is 5.75 Å². The second-order valence-corrected chi connectivity index (χ2v) is 8.51. The second kappa shape index (κ2) is 9.05. The molecule has 0 atom stereocenters. The summed E-state index contributed by atoms with van der Waals surface area (Å²) < 4.78 is 16.7. The summed E-state index contributed by atoms with van der Waals surface area (Å²) in [6, 6.07) is 14.4. The van der Waals surface area contributed by atoms with E-state index in [1.807, 2.05) is 31.2 Å². The number of methoxy groups -OCH3 is 1. The summed E-state index contributed by atoms with van der Waals surface area (Å²) >= 11 is 6.54. The Balaban J connectivity index is 1.46. The monoisotopic (exact) mass is 453 g/mol. The maximum absolute atomic E-state index is 12.6. The highest BCUT2D eigenvalue weighted by Crippen LogP contribution is 2.32. The fraction of sp³-hybridized carbons (Fsp3) is 0.174. The Morgan fingerprint density at radius 2 is 1.94 bits per heavy atom. The molecule has 2 heterocycles. The lowest BCUT2D eigenvalue weighted by molar-refractivity contribution is -0.122. The molecule has 1 aromatic heterocycles. The Morgan fingerprint density at radius 3 is 2.65 bits per heavy atom. The normalized spacial score (nSPS) is 15.3. The highest BCUT2D eigenvalue weighted by Gasteiger charge is 2.31. The quantitative estimate of drug-likeness (QED) is 0.230. The van der Waals surface area contributed by atoms with E-state index in [0.717, 1.165) is 16.5 Å². The molecule has 0 N–H and O–H groups in total. The Hall–Kier alpha value is -2.94. The number of ether oxygens (including phenoxy) is 2. The molecule has 0 bridgehead atoms. The van der Waals surface area contributed by atoms with Crippen LogP contribution in [0.4, 0.5) is 0 Å². The van der Waals surface area contributed by atoms with Crippen LogP contribution in [-0.2, 0) is 9.53 Å². The maximum Gasteiger partial charge on any atom is 0.379 e. The van der Waals surface area contributed by atoms with Gasteiger partial charge in [0.2, 0.25) is 5.76 Å². The summed E-state index contributed by atoms with van der Waals surface area (Å²) in [7, 11) is 1.58. The lowest BCUT2D eigenvalue weighted by Gasteiger charge is -2.12. The van der Waals surface area contributed by atoms with Crippen molar-refractivity contribution in [1.29, 1.82) is 0 Å². The largest absolute Gasteiger partial charge is 0.449 e. The van der Waals surface area contributed by atoms with Crippen LogP contribution in [0.5, 0.6) is 5.75 Å². The van der Waals surface area contributed by atoms with E-state index in [0.29, 0.717) is 33.7 Å². The average molecular weight is 454 g/mol. The minimum absolute atomic E-state index is 0.136. The molecule has 0 radical (unpaired) electrons. The van der Waals surface area contributed by atoms with Gasteiger partial charge in [0.15, 0.2) is 0 Å². The van der Waals surface area contributed by atoms with Gasteiger partial charge in [-0.3, -0.25) is 9.69 Å². The van der Waals surface area contributed by atoms with E-state index in [9.17, 15) is 9.59 Å². The standard InChI is InChI=1S/C23H19NO5S2/c1-14-17-5-3-4-6-18(17)29-20(14)22(26)28-16-9-7-15(8-10-16)13-19-21(25)24(11-12-27-2)23(30)31-19/h3-10,13H,11-12H2,1-2H3. The molecule has 0 unspecified atom stereocenters. The zero-order chi connectivity index (χ0) is 22.0. The second-order valence-electron chi connectivity index (χ2n) is 6.84. The third-order valence-corrected chi connectivity index (χ3v) is 6.19. The van der Waals surface area contributed by atoms with Gasteiger partial charge in [0.25, 0.3) is 5.91 Å². The van der Waals surface area contributed by atoms with Crippen molar-refractivity contribution >= 4 is 57.2 Å². The first kappa shape index (κ1) is 21.3. The van der Waals surface area contributed by atoms with Crippen LogP contribution in [-0.4, -0.2) is 41.4 Å². The summed E-state index contributed by atoms with van der Waals surface area (Å²) in [5.41, 5.74) is 2.18. The predicted molar refractivity (Wildman–Crippen MR) is 124 cm³/mol. The minimum atomic E-state index is -0.555. The molecule has 6 nitrogen and oxygen atoms in total. The van der Waals surface area contributed by atoms with Gasteiger partial charge in [-0.15, -0.1) is 0 Å². The Morgan fingerprint density at radius 1 is 1.19 bits per heavy atom. The molecule has 1 saturated heterocycles. The number of fused-ring (bicyclic) bond motifs is 1. The zero-order valence-corrected chi connectivity index (χ0v) is 18.5. The molecule has 0 aliphatic carbocycles. The number of nitrogens with zero attached hydrogens (tertiary/aromatic N) is 1. The van der Waals surface area contributed by atoms with Gasteiger partial charge < -0.3 is 13.9 Å². The van der Waals surface area contributed by atoms with Crippen LogP contribution >= 0.6 is 24.0 Å². The number of hydrogen-bond donors (Lipinski definition) is 0. The number of furan rings is 1. The van der Waals surface area contributed by atoms with Gasteiger partial charge in [0.05, 0.1) is 18.1 Å². The molecule has 0 saturated carbocycles. The van der Waals surface area contributed by atoms with Crippen LogP contribution in [0.25, 0.3) is 17.0 Å². The van der Waals surface area contributed by atoms with Gasteiger partial charge in [-0.2, -0.15) is 0 Å². The number of amides is 1. The summed E-state index contributed by atoms with van der Waals surface area (Å²) in [6.07, 6.45) is 1.76. The average Bonchev–Trinajstić information content (AvgIpc) is 3.24. The summed E-state index contributed by atoms with van der Waals surface area (Å²) in [5.74, 6) is -0.122. The van der Waals surface area contributed by atoms with Crippen molar-refractivity contribution in [3.05, 3.63) is 70.3 Å². The van der Waals surface area contributed by atoms with Crippen LogP contribution in [0.2, 0.25) is 0 Å². The first-order valence-corrected chi connectivity index (χ1v) is 10.7. The molecule has 31 heavy (non-hydrogen) atoms. The lowest BCUT2D eigenvalue weighted by atomic mass is 10.1. The zero-order valence-electron chi connectivity index (χ0n) is 16.9. The third-order valence-electron chi connectivity index (χ3n) is 4.81. The van der Waals surface area contributed by atoms with Crippen LogP contribution in [0.1, 0.15) is 21.7 Å². The van der Waals surface area contributed by atoms with E-state index in [1.54, 1.807) is 37.5 Å². The molecule has 8 heteroatoms. The maximum atomic E-state index is 12.6. The molecular formula is C23H19NO5S2. The van der Waals surface area contributed by atoms with E-state index >= 15 is 0 Å². The molecule has 1 amide bonds. The molecule has 2 aromatic carbocycles. The van der Waals surface area contributed by atoms with Gasteiger partial charge in [-0.1, -0.05) is 54.3 Å². The highest BCUT2D eigenvalue weighted by molar-refractivity contribution is 8.26. The molecular weight excluding hydrogens is 434 g/mol. The number of carbonyl (C=O) groups excluding carboxylic acids is 2. The smallest absolute Gasteiger partial charge is 0.379 e. The Kier molecular flexibility index (Phi) is 6.22. The number of hydrogen-bond acceptors (Lipinski definition) is 7. The van der Waals surface area contributed by atoms with E-state index in [1.165, 1.54) is 16.7 Å². The van der Waals surface area contributed by atoms with Crippen molar-refractivity contribution in [2.24, 2.45) is 0 Å². The third kappa shape index (κ3) is 4.41. The molecule has 4 rings (SSSR count). The number of para-hydroxylation sites is 1. The number of aryl methyl sites for hydroxylation is 1. The summed E-state index contributed by atoms with van der Waals surface area (Å²) in [6.45, 7) is 2.67. The summed E-state index contributed by atoms with van der Waals surface area (Å²) in [4.78, 5) is 27.2. The molecule has 1 aliphatic rings. The topological polar surface area (TPSA) is 69.0 Å². The highest BCUT2D eigenvalue weighted by atomic mass is 32.2. The van der Waals surface area contributed by atoms with Crippen molar-refractivity contribution < 1.29 is 23.5 Å². The van der Waals surface area contributed by atoms with Gasteiger partial charge in [-0.05, 0) is 36.8 Å². The van der Waals surface area contributed by atoms with Crippen molar-refractivity contribution in [3.63, 3.8) is 0 Å². The van der Waals surface area contributed by atoms with Crippen molar-refractivity contribution in [2.75, 3.05) is 20.3 Å². The number of thioether (sulfide) groups is 1. The molecule has 3 aromatic rings. The Bertz CT molecular complexity index is 1200. The van der Waals surface area contributed by atoms with Crippen molar-refractivity contribution in [1.82, 2.24) is 4.90 Å². The van der Waals surface area contributed by atoms with Crippen molar-refractivity contribution in [2.45, 2.75) is 6.92 Å². The molecule has 1 aliphatic heterocycles. The first-order valence-electron chi connectivity index (χ1n) is 9.52. The Labute approximate surface area is 188 Å². The van der Waals surface area contributed by atoms with Gasteiger partial charge in [0.1, 0.15) is 15.7 Å². The summed E-state index contributed by atoms with van der Waals surface area (Å²) in [5, 5.41) is 0.882. The molecule has 0 spiro atoms. The van der Waals surface area contributed by atoms with Gasteiger partial charge >= 0.3 is 5.97 Å². The van der Waals surface area contributed by atoms with E-state index in [4.69, 9.17) is 26.1 Å². The fourth-order valence-electron chi connectivity index (χ4n) is 3.18. The first-order chi connectivity index (χ1) is 15.0. The SMILES string of the molecule is COCCN1C(=O)C(=Cc2ccc(OC(=O)c3oc4ccccc4c3C)cc2)SC1=S. The van der Waals surface area contributed by atoms with Crippen LogP contribution in [0.15, 0.2) is 57.9 Å². The number of carbonyl (C=O) groups is 2. The molecule has 1 fully saturated rings. The fourth-order valence-corrected chi connectivity index (χ4v) is 4.49. The predicted octanol–water partition coefficient (Wildman–Crippen LogP) is 4.81. The molecule has 158 valence electrons. The van der Waals surface area contributed by atoms with E-state index < -0.39 is 5.97 Å². The number of thiocarbonyl (C=S) groups is 1.